The van der Waals surface area contributed by atoms with Gasteiger partial charge in [0.1, 0.15) is 17.3 Å². The molecule has 0 radical (unpaired) electrons. The quantitative estimate of drug-likeness (QED) is 0.364. The molecule has 1 aliphatic heterocycles. The topological polar surface area (TPSA) is 83.8 Å². The van der Waals surface area contributed by atoms with Crippen LogP contribution in [0.5, 0.6) is 5.75 Å². The Morgan fingerprint density at radius 3 is 2.39 bits per heavy atom. The number of carbonyl (C=O) groups is 2. The third kappa shape index (κ3) is 5.76. The summed E-state index contributed by atoms with van der Waals surface area (Å²) in [6, 6.07) is 12.2. The second kappa shape index (κ2) is 10.0. The molecule has 2 heterocycles. The minimum atomic E-state index is -4.88. The lowest BCUT2D eigenvalue weighted by Gasteiger charge is -2.36. The fraction of sp³-hybridized carbons (Fsp3) is 0.333. The molecule has 1 aliphatic rings. The van der Waals surface area contributed by atoms with Crippen LogP contribution in [-0.4, -0.2) is 51.6 Å². The van der Waals surface area contributed by atoms with Crippen LogP contribution in [0.2, 0.25) is 0 Å². The highest BCUT2D eigenvalue weighted by Gasteiger charge is 2.34. The van der Waals surface area contributed by atoms with Gasteiger partial charge in [-0.05, 0) is 80.8 Å². The fourth-order valence-corrected chi connectivity index (χ4v) is 4.68. The molecule has 1 atom stereocenters. The van der Waals surface area contributed by atoms with Crippen molar-refractivity contribution < 1.29 is 37.0 Å². The lowest BCUT2D eigenvalue weighted by molar-refractivity contribution is -0.274. The number of benzene rings is 2. The minimum Gasteiger partial charge on any atom is -0.465 e. The summed E-state index contributed by atoms with van der Waals surface area (Å²) >= 11 is 0. The molecule has 202 valence electrons. The maximum absolute atomic E-state index is 13.8. The van der Waals surface area contributed by atoms with Gasteiger partial charge in [-0.3, -0.25) is 4.79 Å². The minimum absolute atomic E-state index is 0.171. The Labute approximate surface area is 216 Å². The number of carbonyl (C=O) groups excluding carboxylic acids is 1. The SMILES string of the molecule is CC(C)(C)N(CC[C@H]1CNC(=O)c2cc(-c3cccc(OC(F)(F)F)c3)c(-c3ccc(F)cc3)n21)C(=O)O. The number of rotatable bonds is 6. The van der Waals surface area contributed by atoms with Crippen molar-refractivity contribution in [3.63, 3.8) is 0 Å². The summed E-state index contributed by atoms with van der Waals surface area (Å²) in [4.78, 5) is 26.1. The zero-order valence-electron chi connectivity index (χ0n) is 21.0. The van der Waals surface area contributed by atoms with Crippen LogP contribution in [-0.2, 0) is 0 Å². The van der Waals surface area contributed by atoms with E-state index in [1.807, 2.05) is 0 Å². The molecule has 0 saturated heterocycles. The van der Waals surface area contributed by atoms with Gasteiger partial charge < -0.3 is 24.6 Å². The Morgan fingerprint density at radius 2 is 1.79 bits per heavy atom. The monoisotopic (exact) mass is 533 g/mol. The van der Waals surface area contributed by atoms with Crippen molar-refractivity contribution >= 4 is 12.0 Å². The van der Waals surface area contributed by atoms with E-state index in [1.165, 1.54) is 47.4 Å². The zero-order chi connectivity index (χ0) is 27.8. The summed E-state index contributed by atoms with van der Waals surface area (Å²) in [6.07, 6.45) is -5.62. The van der Waals surface area contributed by atoms with Crippen LogP contribution in [0.4, 0.5) is 22.4 Å². The number of ether oxygens (including phenoxy) is 1. The van der Waals surface area contributed by atoms with Crippen LogP contribution >= 0.6 is 0 Å². The molecule has 1 aromatic heterocycles. The number of alkyl halides is 3. The molecule has 38 heavy (non-hydrogen) atoms. The number of hydrogen-bond acceptors (Lipinski definition) is 3. The van der Waals surface area contributed by atoms with Crippen molar-refractivity contribution in [3.8, 4) is 28.1 Å². The Balaban J connectivity index is 1.85. The second-order valence-electron chi connectivity index (χ2n) is 10.0. The molecule has 0 aliphatic carbocycles. The number of nitrogens with zero attached hydrogens (tertiary/aromatic N) is 2. The predicted octanol–water partition coefficient (Wildman–Crippen LogP) is 6.31. The standard InChI is InChI=1S/C27H27F4N3O4/c1-26(2,3)33(25(36)37)12-11-19-15-32-24(35)22-14-21(17-5-4-6-20(13-17)38-27(29,30)31)23(34(19)22)16-7-9-18(28)10-8-16/h4-10,13-14,19H,11-12,15H2,1-3H3,(H,32,35)(H,36,37)/t19-/m0/s1. The van der Waals surface area contributed by atoms with Gasteiger partial charge in [-0.2, -0.15) is 0 Å². The average Bonchev–Trinajstić information content (AvgIpc) is 3.21. The van der Waals surface area contributed by atoms with E-state index < -0.39 is 29.6 Å². The van der Waals surface area contributed by atoms with Gasteiger partial charge in [-0.25, -0.2) is 9.18 Å². The normalized spacial score (nSPS) is 15.6. The highest BCUT2D eigenvalue weighted by atomic mass is 19.4. The first kappa shape index (κ1) is 27.0. The van der Waals surface area contributed by atoms with Gasteiger partial charge in [0, 0.05) is 24.2 Å². The van der Waals surface area contributed by atoms with Gasteiger partial charge in [0.2, 0.25) is 0 Å². The van der Waals surface area contributed by atoms with E-state index in [0.717, 1.165) is 0 Å². The number of carboxylic acid groups (broad SMARTS) is 1. The fourth-order valence-electron chi connectivity index (χ4n) is 4.68. The third-order valence-corrected chi connectivity index (χ3v) is 6.36. The van der Waals surface area contributed by atoms with E-state index in [2.05, 4.69) is 10.1 Å². The molecular weight excluding hydrogens is 506 g/mol. The molecule has 0 unspecified atom stereocenters. The van der Waals surface area contributed by atoms with Crippen molar-refractivity contribution in [1.29, 1.82) is 0 Å². The van der Waals surface area contributed by atoms with Gasteiger partial charge in [-0.15, -0.1) is 13.2 Å². The summed E-state index contributed by atoms with van der Waals surface area (Å²) in [5.41, 5.74) is 1.46. The summed E-state index contributed by atoms with van der Waals surface area (Å²) < 4.78 is 58.3. The molecule has 3 aromatic rings. The highest BCUT2D eigenvalue weighted by Crippen LogP contribution is 2.41. The van der Waals surface area contributed by atoms with E-state index in [1.54, 1.807) is 37.5 Å². The lowest BCUT2D eigenvalue weighted by atomic mass is 10.00. The number of aromatic nitrogens is 1. The average molecular weight is 534 g/mol. The number of hydrogen-bond donors (Lipinski definition) is 2. The number of amides is 2. The molecule has 11 heteroatoms. The van der Waals surface area contributed by atoms with Crippen molar-refractivity contribution in [1.82, 2.24) is 14.8 Å². The zero-order valence-corrected chi connectivity index (χ0v) is 21.0. The van der Waals surface area contributed by atoms with Crippen LogP contribution in [0.25, 0.3) is 22.4 Å². The Bertz CT molecular complexity index is 1340. The van der Waals surface area contributed by atoms with Crippen LogP contribution in [0, 0.1) is 5.82 Å². The maximum atomic E-state index is 13.8. The van der Waals surface area contributed by atoms with Gasteiger partial charge >= 0.3 is 12.5 Å². The summed E-state index contributed by atoms with van der Waals surface area (Å²) in [7, 11) is 0. The molecule has 0 spiro atoms. The molecule has 2 N–H and O–H groups in total. The molecule has 2 amide bonds. The molecular formula is C27H27F4N3O4. The van der Waals surface area contributed by atoms with E-state index in [0.29, 0.717) is 28.8 Å². The largest absolute Gasteiger partial charge is 0.573 e. The van der Waals surface area contributed by atoms with E-state index >= 15 is 0 Å². The van der Waals surface area contributed by atoms with Gasteiger partial charge in [0.05, 0.1) is 11.7 Å². The number of halogens is 4. The van der Waals surface area contributed by atoms with Crippen molar-refractivity contribution in [3.05, 3.63) is 66.1 Å². The second-order valence-corrected chi connectivity index (χ2v) is 10.0. The Morgan fingerprint density at radius 1 is 1.11 bits per heavy atom. The molecule has 7 nitrogen and oxygen atoms in total. The van der Waals surface area contributed by atoms with Gasteiger partial charge in [0.15, 0.2) is 0 Å². The van der Waals surface area contributed by atoms with Crippen LogP contribution in [0.1, 0.15) is 43.7 Å². The van der Waals surface area contributed by atoms with Crippen molar-refractivity contribution in [2.75, 3.05) is 13.1 Å². The number of fused-ring (bicyclic) bond motifs is 1. The molecule has 0 fully saturated rings. The molecule has 4 rings (SSSR count). The van der Waals surface area contributed by atoms with E-state index in [9.17, 15) is 32.3 Å². The Kier molecular flexibility index (Phi) is 7.14. The van der Waals surface area contributed by atoms with Crippen molar-refractivity contribution in [2.45, 2.75) is 45.1 Å². The third-order valence-electron chi connectivity index (χ3n) is 6.36. The van der Waals surface area contributed by atoms with Crippen molar-refractivity contribution in [2.24, 2.45) is 0 Å². The van der Waals surface area contributed by atoms with Crippen LogP contribution in [0.15, 0.2) is 54.6 Å². The van der Waals surface area contributed by atoms with E-state index in [-0.39, 0.29) is 30.7 Å². The molecule has 0 bridgehead atoms. The van der Waals surface area contributed by atoms with Gasteiger partial charge in [0.25, 0.3) is 5.91 Å². The first-order valence-electron chi connectivity index (χ1n) is 11.9. The Hall–Kier alpha value is -4.02. The van der Waals surface area contributed by atoms with E-state index in [4.69, 9.17) is 0 Å². The first-order valence-corrected chi connectivity index (χ1v) is 11.9. The lowest BCUT2D eigenvalue weighted by Crippen LogP contribution is -2.47. The first-order chi connectivity index (χ1) is 17.7. The molecule has 0 saturated carbocycles. The van der Waals surface area contributed by atoms with Gasteiger partial charge in [-0.1, -0.05) is 12.1 Å². The summed E-state index contributed by atoms with van der Waals surface area (Å²) in [6.45, 7) is 5.72. The highest BCUT2D eigenvalue weighted by molar-refractivity contribution is 5.98. The maximum Gasteiger partial charge on any atom is 0.573 e. The van der Waals surface area contributed by atoms with Crippen LogP contribution < -0.4 is 10.1 Å². The number of nitrogens with one attached hydrogen (secondary N) is 1. The van der Waals surface area contributed by atoms with Crippen LogP contribution in [0.3, 0.4) is 0 Å². The summed E-state index contributed by atoms with van der Waals surface area (Å²) in [5, 5.41) is 12.5. The smallest absolute Gasteiger partial charge is 0.465 e. The molecule has 2 aromatic carbocycles. The predicted molar refractivity (Wildman–Crippen MR) is 132 cm³/mol. The summed E-state index contributed by atoms with van der Waals surface area (Å²) in [5.74, 6) is -1.28.